The van der Waals surface area contributed by atoms with Crippen molar-refractivity contribution in [2.45, 2.75) is 13.0 Å². The average Bonchev–Trinajstić information content (AvgIpc) is 3.70. The molecule has 0 aliphatic rings. The normalized spacial score (nSPS) is 11.2. The summed E-state index contributed by atoms with van der Waals surface area (Å²) in [7, 11) is 7.30. The Morgan fingerprint density at radius 3 is 1.96 bits per heavy atom. The lowest BCUT2D eigenvalue weighted by Crippen LogP contribution is -2.38. The van der Waals surface area contributed by atoms with Crippen LogP contribution in [0, 0.1) is 0 Å². The number of rotatable bonds is 21. The van der Waals surface area contributed by atoms with Crippen molar-refractivity contribution < 1.29 is 19.2 Å². The van der Waals surface area contributed by atoms with Crippen LogP contribution in [0.25, 0.3) is 0 Å². The van der Waals surface area contributed by atoms with E-state index in [2.05, 4.69) is 31.5 Å². The van der Waals surface area contributed by atoms with Crippen LogP contribution in [0.2, 0.25) is 0 Å². The quantitative estimate of drug-likeness (QED) is 0.0596. The molecular formula is C31H50N12O4. The molecule has 3 aromatic heterocycles. The average molecular weight is 655 g/mol. The topological polar surface area (TPSA) is 202 Å². The van der Waals surface area contributed by atoms with Crippen LogP contribution in [0.3, 0.4) is 0 Å². The van der Waals surface area contributed by atoms with Crippen LogP contribution in [0.4, 0.5) is 17.1 Å². The molecule has 0 saturated carbocycles. The Morgan fingerprint density at radius 1 is 0.745 bits per heavy atom. The van der Waals surface area contributed by atoms with E-state index in [4.69, 9.17) is 11.5 Å². The molecular weight excluding hydrogens is 604 g/mol. The van der Waals surface area contributed by atoms with Gasteiger partial charge in [0.15, 0.2) is 0 Å². The maximum absolute atomic E-state index is 13.6. The first-order valence-corrected chi connectivity index (χ1v) is 15.7. The third kappa shape index (κ3) is 11.4. The number of aryl methyl sites for hydroxylation is 3. The summed E-state index contributed by atoms with van der Waals surface area (Å²) in [6.45, 7) is 6.75. The van der Waals surface area contributed by atoms with E-state index in [0.717, 1.165) is 32.6 Å². The van der Waals surface area contributed by atoms with Crippen LogP contribution in [0.5, 0.6) is 0 Å². The molecule has 258 valence electrons. The Morgan fingerprint density at radius 2 is 1.32 bits per heavy atom. The molecule has 16 nitrogen and oxygen atoms in total. The molecule has 0 saturated heterocycles. The largest absolute Gasteiger partial charge is 0.349 e. The third-order valence-corrected chi connectivity index (χ3v) is 7.44. The fourth-order valence-corrected chi connectivity index (χ4v) is 5.06. The van der Waals surface area contributed by atoms with E-state index in [9.17, 15) is 19.2 Å². The van der Waals surface area contributed by atoms with Gasteiger partial charge in [0.05, 0.1) is 17.1 Å². The van der Waals surface area contributed by atoms with Gasteiger partial charge in [0.2, 0.25) is 6.41 Å². The van der Waals surface area contributed by atoms with Crippen LogP contribution < -0.4 is 38.1 Å². The van der Waals surface area contributed by atoms with Crippen molar-refractivity contribution in [3.05, 3.63) is 53.9 Å². The zero-order valence-electron chi connectivity index (χ0n) is 27.8. The van der Waals surface area contributed by atoms with Crippen molar-refractivity contribution in [2.24, 2.45) is 25.6 Å². The molecule has 47 heavy (non-hydrogen) atoms. The molecule has 0 aromatic carbocycles. The molecule has 3 rings (SSSR count). The second kappa shape index (κ2) is 18.6. The van der Waals surface area contributed by atoms with Crippen molar-refractivity contribution in [2.75, 3.05) is 88.9 Å². The Bertz CT molecular complexity index is 1470. The number of carbonyl (C=O) groups is 4. The molecule has 0 radical (unpaired) electrons. The zero-order chi connectivity index (χ0) is 34.3. The number of aromatic nitrogens is 3. The molecule has 0 spiro atoms. The van der Waals surface area contributed by atoms with Crippen LogP contribution in [-0.4, -0.2) is 121 Å². The number of amides is 4. The van der Waals surface area contributed by atoms with E-state index < -0.39 is 5.91 Å². The van der Waals surface area contributed by atoms with E-state index >= 15 is 0 Å². The van der Waals surface area contributed by atoms with Crippen LogP contribution in [0.15, 0.2) is 36.8 Å². The smallest absolute Gasteiger partial charge is 0.272 e. The Kier molecular flexibility index (Phi) is 14.6. The lowest BCUT2D eigenvalue weighted by atomic mass is 10.3. The van der Waals surface area contributed by atoms with Gasteiger partial charge in [-0.3, -0.25) is 24.1 Å². The lowest BCUT2D eigenvalue weighted by molar-refractivity contribution is -0.105. The van der Waals surface area contributed by atoms with Gasteiger partial charge in [0, 0.05) is 91.6 Å². The van der Waals surface area contributed by atoms with Crippen LogP contribution in [0.1, 0.15) is 37.9 Å². The van der Waals surface area contributed by atoms with Gasteiger partial charge in [-0.2, -0.15) is 0 Å². The van der Waals surface area contributed by atoms with E-state index in [-0.39, 0.29) is 11.8 Å². The van der Waals surface area contributed by atoms with Gasteiger partial charge in [-0.25, -0.2) is 0 Å². The molecule has 0 fully saturated rings. The Balaban J connectivity index is 1.71. The van der Waals surface area contributed by atoms with Crippen LogP contribution in [-0.2, 0) is 25.4 Å². The van der Waals surface area contributed by atoms with Gasteiger partial charge in [0.1, 0.15) is 17.1 Å². The van der Waals surface area contributed by atoms with Gasteiger partial charge in [0.25, 0.3) is 17.7 Å². The molecule has 16 heteroatoms. The number of anilines is 3. The number of nitrogens with zero attached hydrogens (tertiary/aromatic N) is 5. The molecule has 3 aromatic rings. The predicted octanol–water partition coefficient (Wildman–Crippen LogP) is -0.271. The van der Waals surface area contributed by atoms with Gasteiger partial charge in [-0.15, -0.1) is 0 Å². The fraction of sp³-hybridized carbons (Fsp3) is 0.484. The molecule has 9 N–H and O–H groups in total. The number of nitrogens with one attached hydrogen (secondary N) is 5. The summed E-state index contributed by atoms with van der Waals surface area (Å²) < 4.78 is 5.06. The number of carbonyl (C=O) groups excluding carboxylic acids is 4. The highest BCUT2D eigenvalue weighted by Gasteiger charge is 2.19. The first kappa shape index (κ1) is 37.0. The number of hydrogen-bond acceptors (Lipinski definition) is 9. The lowest BCUT2D eigenvalue weighted by Gasteiger charge is -2.20. The second-order valence-corrected chi connectivity index (χ2v) is 11.5. The summed E-state index contributed by atoms with van der Waals surface area (Å²) in [4.78, 5) is 54.4. The minimum atomic E-state index is -0.398. The monoisotopic (exact) mass is 654 g/mol. The molecule has 0 unspecified atom stereocenters. The summed E-state index contributed by atoms with van der Waals surface area (Å²) in [5.41, 5.74) is 13.9. The standard InChI is InChI=1S/C31H50N12O4/c1-39(2)14-10-35-29(45)26-17-24(20-41(26)4)37-31(47)28-18-25(38-30(46)27-16-23(36-22-44)19-40(27)3)21-43(28)11-5-8-34-9-15-42(12-6-32)13-7-33/h16-22,34H,5-15,32-33H2,1-4H3,(H,35,45)(H,36,44)(H,37,47)(H,38,46). The zero-order valence-corrected chi connectivity index (χ0v) is 27.8. The number of nitrogens with two attached hydrogens (primary N) is 2. The molecule has 0 aliphatic carbocycles. The summed E-state index contributed by atoms with van der Waals surface area (Å²) in [5.74, 6) is -1.03. The van der Waals surface area contributed by atoms with E-state index in [1.165, 1.54) is 0 Å². The Labute approximate surface area is 275 Å². The van der Waals surface area contributed by atoms with Crippen molar-refractivity contribution in [1.82, 2.24) is 34.1 Å². The first-order chi connectivity index (χ1) is 22.6. The highest BCUT2D eigenvalue weighted by atomic mass is 16.2. The maximum Gasteiger partial charge on any atom is 0.272 e. The van der Waals surface area contributed by atoms with Crippen LogP contribution >= 0.6 is 0 Å². The van der Waals surface area contributed by atoms with Gasteiger partial charge >= 0.3 is 0 Å². The fourth-order valence-electron chi connectivity index (χ4n) is 5.06. The van der Waals surface area contributed by atoms with Gasteiger partial charge in [-0.1, -0.05) is 0 Å². The highest BCUT2D eigenvalue weighted by Crippen LogP contribution is 2.20. The maximum atomic E-state index is 13.6. The molecule has 4 amide bonds. The van der Waals surface area contributed by atoms with Crippen molar-refractivity contribution >= 4 is 41.2 Å². The minimum absolute atomic E-state index is 0.239. The van der Waals surface area contributed by atoms with Crippen molar-refractivity contribution in [3.8, 4) is 0 Å². The van der Waals surface area contributed by atoms with Gasteiger partial charge in [-0.05, 0) is 45.3 Å². The highest BCUT2D eigenvalue weighted by molar-refractivity contribution is 6.07. The van der Waals surface area contributed by atoms with Crippen molar-refractivity contribution in [3.63, 3.8) is 0 Å². The summed E-state index contributed by atoms with van der Waals surface area (Å²) >= 11 is 0. The minimum Gasteiger partial charge on any atom is -0.349 e. The SMILES string of the molecule is CN(C)CCNC(=O)c1cc(NC(=O)c2cc(NC(=O)c3cc(NC=O)cn3C)cn2CCCNCCN(CCN)CCN)cn1C. The van der Waals surface area contributed by atoms with Crippen molar-refractivity contribution in [1.29, 1.82) is 0 Å². The molecule has 3 heterocycles. The molecule has 0 bridgehead atoms. The number of likely N-dealkylation sites (N-methyl/N-ethyl adjacent to an activating group) is 1. The third-order valence-electron chi connectivity index (χ3n) is 7.44. The van der Waals surface area contributed by atoms with E-state index in [0.29, 0.717) is 79.8 Å². The predicted molar refractivity (Wildman–Crippen MR) is 184 cm³/mol. The summed E-state index contributed by atoms with van der Waals surface area (Å²) in [5, 5.41) is 14.6. The summed E-state index contributed by atoms with van der Waals surface area (Å²) in [6.07, 6.45) is 6.29. The summed E-state index contributed by atoms with van der Waals surface area (Å²) in [6, 6.07) is 4.80. The first-order valence-electron chi connectivity index (χ1n) is 15.7. The number of hydrogen-bond donors (Lipinski definition) is 7. The molecule has 0 aliphatic heterocycles. The van der Waals surface area contributed by atoms with E-state index in [1.54, 1.807) is 64.6 Å². The molecule has 0 atom stereocenters. The second-order valence-electron chi connectivity index (χ2n) is 11.5. The Hall–Kier alpha value is -4.48. The van der Waals surface area contributed by atoms with E-state index in [1.807, 2.05) is 19.0 Å². The van der Waals surface area contributed by atoms with Gasteiger partial charge < -0.3 is 56.7 Å².